The van der Waals surface area contributed by atoms with E-state index in [0.717, 1.165) is 6.54 Å². The van der Waals surface area contributed by atoms with E-state index in [9.17, 15) is 0 Å². The zero-order valence-electron chi connectivity index (χ0n) is 9.30. The molecule has 1 aliphatic carbocycles. The molecule has 1 aliphatic rings. The Kier molecular flexibility index (Phi) is 3.04. The van der Waals surface area contributed by atoms with Crippen LogP contribution in [0.15, 0.2) is 5.16 Å². The normalized spacial score (nSPS) is 20.9. The van der Waals surface area contributed by atoms with E-state index in [-0.39, 0.29) is 11.0 Å². The number of rotatable bonds is 4. The first-order chi connectivity index (χ1) is 6.37. The zero-order chi connectivity index (χ0) is 10.8. The lowest BCUT2D eigenvalue weighted by atomic mass is 9.99. The number of oxime groups is 1. The molecule has 0 atom stereocenters. The second-order valence-corrected chi connectivity index (χ2v) is 5.37. The number of amidine groups is 1. The minimum Gasteiger partial charge on any atom is -0.409 e. The van der Waals surface area contributed by atoms with Crippen LogP contribution in [0, 0.1) is 5.41 Å². The minimum absolute atomic E-state index is 0.140. The average molecular weight is 199 g/mol. The molecule has 0 saturated heterocycles. The first-order valence-electron chi connectivity index (χ1n) is 5.08. The van der Waals surface area contributed by atoms with Gasteiger partial charge < -0.3 is 16.3 Å². The smallest absolute Gasteiger partial charge is 0.139 e. The number of nitrogens with zero attached hydrogens (tertiary/aromatic N) is 1. The SMILES string of the molecule is CC(C)(C)NCC1(CC(N)=NO)CC1. The molecule has 0 spiro atoms. The fourth-order valence-corrected chi connectivity index (χ4v) is 1.47. The van der Waals surface area contributed by atoms with E-state index in [1.807, 2.05) is 0 Å². The lowest BCUT2D eigenvalue weighted by molar-refractivity contribution is 0.312. The van der Waals surface area contributed by atoms with Gasteiger partial charge in [-0.05, 0) is 39.0 Å². The van der Waals surface area contributed by atoms with E-state index in [0.29, 0.717) is 12.3 Å². The molecule has 4 nitrogen and oxygen atoms in total. The van der Waals surface area contributed by atoms with Gasteiger partial charge in [-0.3, -0.25) is 0 Å². The molecule has 0 aromatic carbocycles. The van der Waals surface area contributed by atoms with Gasteiger partial charge in [0.25, 0.3) is 0 Å². The van der Waals surface area contributed by atoms with Crippen LogP contribution >= 0.6 is 0 Å². The molecule has 0 unspecified atom stereocenters. The van der Waals surface area contributed by atoms with Crippen LogP contribution in [0.1, 0.15) is 40.0 Å². The topological polar surface area (TPSA) is 70.6 Å². The standard InChI is InChI=1S/C10H21N3O/c1-9(2,3)12-7-10(4-5-10)6-8(11)13-14/h12,14H,4-7H2,1-3H3,(H2,11,13). The summed E-state index contributed by atoms with van der Waals surface area (Å²) < 4.78 is 0. The maximum atomic E-state index is 8.50. The lowest BCUT2D eigenvalue weighted by Crippen LogP contribution is -2.40. The van der Waals surface area contributed by atoms with Crippen molar-refractivity contribution in [2.24, 2.45) is 16.3 Å². The van der Waals surface area contributed by atoms with Gasteiger partial charge in [-0.2, -0.15) is 0 Å². The predicted molar refractivity (Wildman–Crippen MR) is 57.4 cm³/mol. The maximum Gasteiger partial charge on any atom is 0.139 e. The van der Waals surface area contributed by atoms with E-state index in [1.54, 1.807) is 0 Å². The molecule has 1 rings (SSSR count). The molecular weight excluding hydrogens is 178 g/mol. The van der Waals surface area contributed by atoms with Crippen LogP contribution in [0.3, 0.4) is 0 Å². The van der Waals surface area contributed by atoms with Crippen LogP contribution in [0.25, 0.3) is 0 Å². The molecule has 4 N–H and O–H groups in total. The van der Waals surface area contributed by atoms with E-state index in [1.165, 1.54) is 12.8 Å². The summed E-state index contributed by atoms with van der Waals surface area (Å²) in [6.07, 6.45) is 3.05. The Morgan fingerprint density at radius 1 is 1.50 bits per heavy atom. The maximum absolute atomic E-state index is 8.50. The molecule has 1 saturated carbocycles. The van der Waals surface area contributed by atoms with Crippen molar-refractivity contribution in [1.82, 2.24) is 5.32 Å². The van der Waals surface area contributed by atoms with Crippen LogP contribution in [-0.2, 0) is 0 Å². The summed E-state index contributed by atoms with van der Waals surface area (Å²) in [5, 5.41) is 15.0. The Labute approximate surface area is 85.6 Å². The molecule has 14 heavy (non-hydrogen) atoms. The number of hydrogen-bond acceptors (Lipinski definition) is 3. The highest BCUT2D eigenvalue weighted by Crippen LogP contribution is 2.48. The van der Waals surface area contributed by atoms with Gasteiger partial charge >= 0.3 is 0 Å². The summed E-state index contributed by atoms with van der Waals surface area (Å²) in [5.74, 6) is 0.346. The summed E-state index contributed by atoms with van der Waals surface area (Å²) in [5.41, 5.74) is 5.90. The molecule has 0 bridgehead atoms. The second-order valence-electron chi connectivity index (χ2n) is 5.37. The fraction of sp³-hybridized carbons (Fsp3) is 0.900. The molecular formula is C10H21N3O. The van der Waals surface area contributed by atoms with Gasteiger partial charge in [-0.15, -0.1) is 0 Å². The summed E-state index contributed by atoms with van der Waals surface area (Å²) in [4.78, 5) is 0. The van der Waals surface area contributed by atoms with Gasteiger partial charge in [0.2, 0.25) is 0 Å². The molecule has 82 valence electrons. The Bertz CT molecular complexity index is 226. The van der Waals surface area contributed by atoms with Crippen molar-refractivity contribution in [1.29, 1.82) is 0 Å². The molecule has 1 fully saturated rings. The molecule has 0 amide bonds. The van der Waals surface area contributed by atoms with E-state index < -0.39 is 0 Å². The van der Waals surface area contributed by atoms with Gasteiger partial charge in [-0.25, -0.2) is 0 Å². The highest BCUT2D eigenvalue weighted by atomic mass is 16.4. The Morgan fingerprint density at radius 2 is 2.07 bits per heavy atom. The minimum atomic E-state index is 0.140. The summed E-state index contributed by atoms with van der Waals surface area (Å²) in [7, 11) is 0. The second kappa shape index (κ2) is 3.77. The number of nitrogens with one attached hydrogen (secondary N) is 1. The monoisotopic (exact) mass is 199 g/mol. The first-order valence-corrected chi connectivity index (χ1v) is 5.08. The Hall–Kier alpha value is -0.770. The third kappa shape index (κ3) is 3.54. The summed E-state index contributed by atoms with van der Waals surface area (Å²) in [6.45, 7) is 7.39. The van der Waals surface area contributed by atoms with Gasteiger partial charge in [-0.1, -0.05) is 5.16 Å². The molecule has 0 aliphatic heterocycles. The number of hydrogen-bond donors (Lipinski definition) is 3. The van der Waals surface area contributed by atoms with Crippen LogP contribution in [-0.4, -0.2) is 23.1 Å². The largest absolute Gasteiger partial charge is 0.409 e. The van der Waals surface area contributed by atoms with Crippen molar-refractivity contribution in [3.8, 4) is 0 Å². The molecule has 0 heterocycles. The molecule has 0 radical (unpaired) electrons. The van der Waals surface area contributed by atoms with Crippen molar-refractivity contribution in [2.45, 2.75) is 45.6 Å². The first kappa shape index (κ1) is 11.3. The van der Waals surface area contributed by atoms with Crippen LogP contribution < -0.4 is 11.1 Å². The van der Waals surface area contributed by atoms with Gasteiger partial charge in [0, 0.05) is 18.5 Å². The van der Waals surface area contributed by atoms with Gasteiger partial charge in [0.15, 0.2) is 0 Å². The Balaban J connectivity index is 2.37. The predicted octanol–water partition coefficient (Wildman–Crippen LogP) is 1.29. The van der Waals surface area contributed by atoms with Crippen molar-refractivity contribution >= 4 is 5.84 Å². The summed E-state index contributed by atoms with van der Waals surface area (Å²) >= 11 is 0. The van der Waals surface area contributed by atoms with Crippen LogP contribution in [0.5, 0.6) is 0 Å². The highest BCUT2D eigenvalue weighted by Gasteiger charge is 2.43. The quantitative estimate of drug-likeness (QED) is 0.276. The highest BCUT2D eigenvalue weighted by molar-refractivity contribution is 5.80. The van der Waals surface area contributed by atoms with Crippen LogP contribution in [0.2, 0.25) is 0 Å². The van der Waals surface area contributed by atoms with E-state index in [2.05, 4.69) is 31.2 Å². The zero-order valence-corrected chi connectivity index (χ0v) is 9.30. The van der Waals surface area contributed by atoms with Crippen molar-refractivity contribution in [3.63, 3.8) is 0 Å². The third-order valence-electron chi connectivity index (χ3n) is 2.64. The molecule has 0 aromatic rings. The van der Waals surface area contributed by atoms with Crippen molar-refractivity contribution in [2.75, 3.05) is 6.54 Å². The average Bonchev–Trinajstić information content (AvgIpc) is 2.81. The number of nitrogens with two attached hydrogens (primary N) is 1. The van der Waals surface area contributed by atoms with E-state index >= 15 is 0 Å². The molecule has 4 heteroatoms. The third-order valence-corrected chi connectivity index (χ3v) is 2.64. The molecule has 0 aromatic heterocycles. The Morgan fingerprint density at radius 3 is 2.43 bits per heavy atom. The lowest BCUT2D eigenvalue weighted by Gasteiger charge is -2.24. The fourth-order valence-electron chi connectivity index (χ4n) is 1.47. The summed E-state index contributed by atoms with van der Waals surface area (Å²) in [6, 6.07) is 0. The van der Waals surface area contributed by atoms with Gasteiger partial charge in [0.1, 0.15) is 5.84 Å². The van der Waals surface area contributed by atoms with Crippen molar-refractivity contribution in [3.05, 3.63) is 0 Å². The van der Waals surface area contributed by atoms with Crippen LogP contribution in [0.4, 0.5) is 0 Å². The van der Waals surface area contributed by atoms with Gasteiger partial charge in [0.05, 0.1) is 0 Å². The van der Waals surface area contributed by atoms with E-state index in [4.69, 9.17) is 10.9 Å². The van der Waals surface area contributed by atoms with Crippen molar-refractivity contribution < 1.29 is 5.21 Å².